The molecule has 1 heterocycles. The SMILES string of the molecule is CCOc1cc(C=C2SC(=Nc3ccc(C(=O)OC)cc3)N(C)C2=O)ccc1OCc1cccc(F)c1. The predicted octanol–water partition coefficient (Wildman–Crippen LogP) is 5.82. The Morgan fingerprint density at radius 1 is 1.05 bits per heavy atom. The molecule has 7 nitrogen and oxygen atoms in total. The van der Waals surface area contributed by atoms with E-state index in [-0.39, 0.29) is 18.3 Å². The van der Waals surface area contributed by atoms with Crippen LogP contribution in [0, 0.1) is 5.82 Å². The number of aliphatic imine (C=N–C) groups is 1. The van der Waals surface area contributed by atoms with Crippen molar-refractivity contribution in [3.63, 3.8) is 0 Å². The van der Waals surface area contributed by atoms with Gasteiger partial charge in [0.15, 0.2) is 16.7 Å². The number of ether oxygens (including phenoxy) is 3. The van der Waals surface area contributed by atoms with E-state index in [1.54, 1.807) is 61.7 Å². The molecule has 37 heavy (non-hydrogen) atoms. The number of hydrogen-bond donors (Lipinski definition) is 0. The molecule has 3 aromatic rings. The largest absolute Gasteiger partial charge is 0.490 e. The van der Waals surface area contributed by atoms with Crippen LogP contribution in [-0.2, 0) is 16.1 Å². The first-order valence-corrected chi connectivity index (χ1v) is 12.3. The van der Waals surface area contributed by atoms with Crippen molar-refractivity contribution in [2.24, 2.45) is 4.99 Å². The number of hydrogen-bond acceptors (Lipinski definition) is 7. The molecule has 0 aliphatic carbocycles. The van der Waals surface area contributed by atoms with E-state index in [2.05, 4.69) is 4.99 Å². The van der Waals surface area contributed by atoms with Gasteiger partial charge in [0.2, 0.25) is 0 Å². The van der Waals surface area contributed by atoms with E-state index in [9.17, 15) is 14.0 Å². The number of likely N-dealkylation sites (N-methyl/N-ethyl adjacent to an activating group) is 1. The molecule has 4 rings (SSSR count). The van der Waals surface area contributed by atoms with Crippen molar-refractivity contribution < 1.29 is 28.2 Å². The van der Waals surface area contributed by atoms with Gasteiger partial charge in [-0.25, -0.2) is 14.2 Å². The number of rotatable bonds is 8. The summed E-state index contributed by atoms with van der Waals surface area (Å²) in [6.07, 6.45) is 1.77. The molecule has 1 aliphatic rings. The van der Waals surface area contributed by atoms with Gasteiger partial charge in [-0.05, 0) is 84.4 Å². The number of thioether (sulfide) groups is 1. The molecule has 1 fully saturated rings. The van der Waals surface area contributed by atoms with Crippen molar-refractivity contribution >= 4 is 40.6 Å². The molecule has 0 N–H and O–H groups in total. The van der Waals surface area contributed by atoms with Gasteiger partial charge in [0, 0.05) is 7.05 Å². The summed E-state index contributed by atoms with van der Waals surface area (Å²) in [5.74, 6) is 0.117. The Bertz CT molecular complexity index is 1370. The number of benzene rings is 3. The minimum atomic E-state index is -0.427. The average molecular weight is 521 g/mol. The van der Waals surface area contributed by atoms with Crippen LogP contribution in [0.5, 0.6) is 11.5 Å². The summed E-state index contributed by atoms with van der Waals surface area (Å²) in [5.41, 5.74) is 2.49. The molecular weight excluding hydrogens is 495 g/mol. The molecule has 0 aromatic heterocycles. The van der Waals surface area contributed by atoms with E-state index < -0.39 is 5.97 Å². The normalized spacial score (nSPS) is 15.4. The molecular formula is C28H25FN2O5S. The lowest BCUT2D eigenvalue weighted by molar-refractivity contribution is -0.121. The third-order valence-corrected chi connectivity index (χ3v) is 6.43. The Hall–Kier alpha value is -4.11. The van der Waals surface area contributed by atoms with Crippen LogP contribution in [0.3, 0.4) is 0 Å². The Kier molecular flexibility index (Phi) is 8.25. The van der Waals surface area contributed by atoms with Crippen molar-refractivity contribution in [2.45, 2.75) is 13.5 Å². The molecule has 9 heteroatoms. The Balaban J connectivity index is 1.52. The van der Waals surface area contributed by atoms with Crippen LogP contribution < -0.4 is 9.47 Å². The van der Waals surface area contributed by atoms with Crippen molar-refractivity contribution in [3.8, 4) is 11.5 Å². The summed E-state index contributed by atoms with van der Waals surface area (Å²) in [6.45, 7) is 2.49. The average Bonchev–Trinajstić information content (AvgIpc) is 3.16. The summed E-state index contributed by atoms with van der Waals surface area (Å²) in [7, 11) is 2.98. The van der Waals surface area contributed by atoms with E-state index in [0.717, 1.165) is 5.56 Å². The van der Waals surface area contributed by atoms with Crippen LogP contribution in [0.4, 0.5) is 10.1 Å². The molecule has 1 amide bonds. The fourth-order valence-electron chi connectivity index (χ4n) is 3.49. The van der Waals surface area contributed by atoms with Gasteiger partial charge < -0.3 is 14.2 Å². The Morgan fingerprint density at radius 3 is 2.54 bits per heavy atom. The van der Waals surface area contributed by atoms with Gasteiger partial charge in [0.1, 0.15) is 12.4 Å². The van der Waals surface area contributed by atoms with E-state index >= 15 is 0 Å². The van der Waals surface area contributed by atoms with Crippen molar-refractivity contribution in [2.75, 3.05) is 20.8 Å². The monoisotopic (exact) mass is 520 g/mol. The molecule has 3 aromatic carbocycles. The van der Waals surface area contributed by atoms with Crippen molar-refractivity contribution in [1.29, 1.82) is 0 Å². The van der Waals surface area contributed by atoms with Gasteiger partial charge in [-0.1, -0.05) is 18.2 Å². The maximum absolute atomic E-state index is 13.5. The Labute approximate surface area is 218 Å². The zero-order valence-corrected chi connectivity index (χ0v) is 21.4. The third-order valence-electron chi connectivity index (χ3n) is 5.37. The molecule has 0 radical (unpaired) electrons. The lowest BCUT2D eigenvalue weighted by atomic mass is 10.1. The molecule has 0 unspecified atom stereocenters. The Morgan fingerprint density at radius 2 is 1.84 bits per heavy atom. The van der Waals surface area contributed by atoms with Gasteiger partial charge in [0.25, 0.3) is 5.91 Å². The van der Waals surface area contributed by atoms with Crippen LogP contribution >= 0.6 is 11.8 Å². The lowest BCUT2D eigenvalue weighted by Crippen LogP contribution is -2.23. The smallest absolute Gasteiger partial charge is 0.337 e. The number of nitrogens with zero attached hydrogens (tertiary/aromatic N) is 2. The number of carbonyl (C=O) groups excluding carboxylic acids is 2. The van der Waals surface area contributed by atoms with Crippen molar-refractivity contribution in [3.05, 3.63) is 94.1 Å². The van der Waals surface area contributed by atoms with E-state index in [1.807, 2.05) is 13.0 Å². The molecule has 0 spiro atoms. The summed E-state index contributed by atoms with van der Waals surface area (Å²) < 4.78 is 29.8. The first kappa shape index (κ1) is 26.0. The van der Waals surface area contributed by atoms with Crippen LogP contribution in [0.15, 0.2) is 76.6 Å². The molecule has 1 saturated heterocycles. The fraction of sp³-hybridized carbons (Fsp3) is 0.179. The first-order valence-electron chi connectivity index (χ1n) is 11.5. The second-order valence-electron chi connectivity index (χ2n) is 7.97. The number of amidine groups is 1. The number of carbonyl (C=O) groups is 2. The molecule has 0 bridgehead atoms. The molecule has 0 saturated carbocycles. The van der Waals surface area contributed by atoms with Crippen LogP contribution in [0.1, 0.15) is 28.4 Å². The number of amides is 1. The quantitative estimate of drug-likeness (QED) is 0.275. The van der Waals surface area contributed by atoms with E-state index in [4.69, 9.17) is 14.2 Å². The van der Waals surface area contributed by atoms with Gasteiger partial charge in [0.05, 0.1) is 29.9 Å². The van der Waals surface area contributed by atoms with Crippen LogP contribution in [0.25, 0.3) is 6.08 Å². The fourth-order valence-corrected chi connectivity index (χ4v) is 4.48. The zero-order chi connectivity index (χ0) is 26.4. The molecule has 190 valence electrons. The summed E-state index contributed by atoms with van der Waals surface area (Å²) in [6, 6.07) is 18.2. The highest BCUT2D eigenvalue weighted by molar-refractivity contribution is 8.18. The van der Waals surface area contributed by atoms with Gasteiger partial charge in [-0.2, -0.15) is 0 Å². The van der Waals surface area contributed by atoms with E-state index in [0.29, 0.717) is 45.0 Å². The van der Waals surface area contributed by atoms with Crippen LogP contribution in [0.2, 0.25) is 0 Å². The second kappa shape index (κ2) is 11.7. The summed E-state index contributed by atoms with van der Waals surface area (Å²) in [5, 5.41) is 0.516. The summed E-state index contributed by atoms with van der Waals surface area (Å²) >= 11 is 1.25. The highest BCUT2D eigenvalue weighted by Crippen LogP contribution is 2.35. The van der Waals surface area contributed by atoms with Crippen LogP contribution in [-0.4, -0.2) is 42.7 Å². The number of methoxy groups -OCH3 is 1. The molecule has 1 aliphatic heterocycles. The minimum Gasteiger partial charge on any atom is -0.490 e. The maximum atomic E-state index is 13.5. The predicted molar refractivity (Wildman–Crippen MR) is 142 cm³/mol. The highest BCUT2D eigenvalue weighted by atomic mass is 32.2. The standard InChI is InChI=1S/C28H25FN2O5S/c1-4-35-24-15-18(8-13-23(24)36-17-19-6-5-7-21(29)14-19)16-25-26(32)31(2)28(37-25)30-22-11-9-20(10-12-22)27(33)34-3/h5-16H,4,17H2,1-3H3. The van der Waals surface area contributed by atoms with Gasteiger partial charge in [-0.15, -0.1) is 0 Å². The molecule has 0 atom stereocenters. The maximum Gasteiger partial charge on any atom is 0.337 e. The first-order chi connectivity index (χ1) is 17.9. The highest BCUT2D eigenvalue weighted by Gasteiger charge is 2.30. The van der Waals surface area contributed by atoms with Crippen molar-refractivity contribution in [1.82, 2.24) is 4.90 Å². The van der Waals surface area contributed by atoms with E-state index in [1.165, 1.54) is 35.9 Å². The van der Waals surface area contributed by atoms with Gasteiger partial charge >= 0.3 is 5.97 Å². The minimum absolute atomic E-state index is 0.181. The number of esters is 1. The lowest BCUT2D eigenvalue weighted by Gasteiger charge is -2.13. The second-order valence-corrected chi connectivity index (χ2v) is 8.97. The topological polar surface area (TPSA) is 77.4 Å². The van der Waals surface area contributed by atoms with Gasteiger partial charge in [-0.3, -0.25) is 9.69 Å². The number of halogens is 1. The summed E-state index contributed by atoms with van der Waals surface area (Å²) in [4.78, 5) is 31.0. The zero-order valence-electron chi connectivity index (χ0n) is 20.6. The third kappa shape index (κ3) is 6.37.